The second kappa shape index (κ2) is 5.01. The molecule has 0 radical (unpaired) electrons. The van der Waals surface area contributed by atoms with Crippen LogP contribution in [0, 0.1) is 5.82 Å². The topological polar surface area (TPSA) is 66.0 Å². The van der Waals surface area contributed by atoms with Gasteiger partial charge in [0.25, 0.3) is 5.56 Å². The van der Waals surface area contributed by atoms with Crippen molar-refractivity contribution in [2.75, 3.05) is 0 Å². The van der Waals surface area contributed by atoms with Crippen LogP contribution >= 0.6 is 11.8 Å². The Labute approximate surface area is 101 Å². The Morgan fingerprint density at radius 1 is 1.35 bits per heavy atom. The number of halogens is 1. The van der Waals surface area contributed by atoms with Gasteiger partial charge in [-0.25, -0.2) is 4.39 Å². The molecule has 2 N–H and O–H groups in total. The SMILES string of the molecule is O=c1cc(O)nc(CSc2ccc(F)cc2)[nH]1. The van der Waals surface area contributed by atoms with E-state index < -0.39 is 5.56 Å². The van der Waals surface area contributed by atoms with Gasteiger partial charge >= 0.3 is 0 Å². The van der Waals surface area contributed by atoms with Gasteiger partial charge < -0.3 is 10.1 Å². The Hall–Kier alpha value is -1.82. The van der Waals surface area contributed by atoms with Gasteiger partial charge in [0.15, 0.2) is 0 Å². The van der Waals surface area contributed by atoms with Gasteiger partial charge in [-0.1, -0.05) is 0 Å². The Balaban J connectivity index is 2.07. The highest BCUT2D eigenvalue weighted by atomic mass is 32.2. The number of aromatic nitrogens is 2. The Kier molecular flexibility index (Phi) is 3.43. The van der Waals surface area contributed by atoms with Gasteiger partial charge in [-0.15, -0.1) is 11.8 Å². The van der Waals surface area contributed by atoms with E-state index in [1.165, 1.54) is 23.9 Å². The molecule has 1 heterocycles. The van der Waals surface area contributed by atoms with Gasteiger partial charge in [-0.3, -0.25) is 4.79 Å². The van der Waals surface area contributed by atoms with Crippen LogP contribution in [-0.4, -0.2) is 15.1 Å². The first-order valence-electron chi connectivity index (χ1n) is 4.81. The van der Waals surface area contributed by atoms with Crippen molar-refractivity contribution in [3.63, 3.8) is 0 Å². The van der Waals surface area contributed by atoms with E-state index in [1.54, 1.807) is 12.1 Å². The van der Waals surface area contributed by atoms with Crippen molar-refractivity contribution in [3.8, 4) is 5.88 Å². The molecule has 0 spiro atoms. The van der Waals surface area contributed by atoms with Crippen LogP contribution in [0.2, 0.25) is 0 Å². The minimum atomic E-state index is -0.396. The lowest BCUT2D eigenvalue weighted by atomic mass is 10.4. The van der Waals surface area contributed by atoms with E-state index in [1.807, 2.05) is 0 Å². The third kappa shape index (κ3) is 3.32. The lowest BCUT2D eigenvalue weighted by molar-refractivity contribution is 0.449. The molecule has 0 atom stereocenters. The first-order chi connectivity index (χ1) is 8.13. The Bertz CT molecular complexity index is 568. The number of benzene rings is 1. The number of nitrogens with one attached hydrogen (secondary N) is 1. The number of rotatable bonds is 3. The maximum Gasteiger partial charge on any atom is 0.254 e. The largest absolute Gasteiger partial charge is 0.493 e. The molecule has 0 unspecified atom stereocenters. The minimum Gasteiger partial charge on any atom is -0.493 e. The molecule has 0 amide bonds. The molecule has 2 rings (SSSR count). The van der Waals surface area contributed by atoms with E-state index in [4.69, 9.17) is 5.11 Å². The molecule has 1 aromatic carbocycles. The molecule has 0 aliphatic heterocycles. The first kappa shape index (κ1) is 11.7. The predicted octanol–water partition coefficient (Wildman–Crippen LogP) is 1.91. The summed E-state index contributed by atoms with van der Waals surface area (Å²) in [5.41, 5.74) is -0.396. The van der Waals surface area contributed by atoms with Crippen LogP contribution in [0.5, 0.6) is 5.88 Å². The molecule has 0 bridgehead atoms. The average Bonchev–Trinajstić information content (AvgIpc) is 2.27. The van der Waals surface area contributed by atoms with Crippen LogP contribution in [0.15, 0.2) is 40.0 Å². The number of aromatic amines is 1. The molecule has 88 valence electrons. The highest BCUT2D eigenvalue weighted by Crippen LogP contribution is 2.21. The monoisotopic (exact) mass is 252 g/mol. The molecule has 6 heteroatoms. The van der Waals surface area contributed by atoms with Gasteiger partial charge in [-0.05, 0) is 24.3 Å². The fourth-order valence-corrected chi connectivity index (χ4v) is 2.01. The molecular weight excluding hydrogens is 243 g/mol. The number of aromatic hydroxyl groups is 1. The maximum atomic E-state index is 12.7. The van der Waals surface area contributed by atoms with Crippen molar-refractivity contribution >= 4 is 11.8 Å². The summed E-state index contributed by atoms with van der Waals surface area (Å²) in [4.78, 5) is 18.2. The molecular formula is C11H9FN2O2S. The van der Waals surface area contributed by atoms with E-state index in [2.05, 4.69) is 9.97 Å². The van der Waals surface area contributed by atoms with Gasteiger partial charge in [0.1, 0.15) is 11.6 Å². The summed E-state index contributed by atoms with van der Waals surface area (Å²) in [5.74, 6) is 0.181. The van der Waals surface area contributed by atoms with Crippen molar-refractivity contribution < 1.29 is 9.50 Å². The fraction of sp³-hybridized carbons (Fsp3) is 0.0909. The third-order valence-corrected chi connectivity index (χ3v) is 2.99. The van der Waals surface area contributed by atoms with Crippen molar-refractivity contribution in [2.45, 2.75) is 10.6 Å². The van der Waals surface area contributed by atoms with Crippen molar-refractivity contribution in [3.05, 3.63) is 52.3 Å². The second-order valence-electron chi connectivity index (χ2n) is 3.29. The summed E-state index contributed by atoms with van der Waals surface area (Å²) in [7, 11) is 0. The maximum absolute atomic E-state index is 12.7. The van der Waals surface area contributed by atoms with Crippen LogP contribution in [0.1, 0.15) is 5.82 Å². The zero-order chi connectivity index (χ0) is 12.3. The molecule has 17 heavy (non-hydrogen) atoms. The van der Waals surface area contributed by atoms with E-state index in [0.717, 1.165) is 11.0 Å². The normalized spacial score (nSPS) is 10.4. The van der Waals surface area contributed by atoms with Gasteiger partial charge in [0, 0.05) is 4.90 Å². The van der Waals surface area contributed by atoms with E-state index >= 15 is 0 Å². The molecule has 0 saturated heterocycles. The van der Waals surface area contributed by atoms with Crippen LogP contribution in [0.3, 0.4) is 0 Å². The number of thioether (sulfide) groups is 1. The number of hydrogen-bond acceptors (Lipinski definition) is 4. The van der Waals surface area contributed by atoms with Crippen LogP contribution < -0.4 is 5.56 Å². The molecule has 0 fully saturated rings. The van der Waals surface area contributed by atoms with Gasteiger partial charge in [0.05, 0.1) is 11.8 Å². The summed E-state index contributed by atoms with van der Waals surface area (Å²) in [6.45, 7) is 0. The molecule has 0 aliphatic carbocycles. The highest BCUT2D eigenvalue weighted by Gasteiger charge is 2.01. The van der Waals surface area contributed by atoms with E-state index in [0.29, 0.717) is 11.6 Å². The molecule has 0 saturated carbocycles. The number of hydrogen-bond donors (Lipinski definition) is 2. The molecule has 2 aromatic rings. The zero-order valence-corrected chi connectivity index (χ0v) is 9.50. The summed E-state index contributed by atoms with van der Waals surface area (Å²) in [5, 5.41) is 9.14. The Morgan fingerprint density at radius 2 is 2.06 bits per heavy atom. The predicted molar refractivity (Wildman–Crippen MR) is 62.5 cm³/mol. The smallest absolute Gasteiger partial charge is 0.254 e. The third-order valence-electron chi connectivity index (χ3n) is 1.97. The van der Waals surface area contributed by atoms with Crippen LogP contribution in [0.25, 0.3) is 0 Å². The quantitative estimate of drug-likeness (QED) is 0.819. The highest BCUT2D eigenvalue weighted by molar-refractivity contribution is 7.98. The number of nitrogens with zero attached hydrogens (tertiary/aromatic N) is 1. The second-order valence-corrected chi connectivity index (χ2v) is 4.34. The lowest BCUT2D eigenvalue weighted by Gasteiger charge is -2.01. The molecule has 0 aliphatic rings. The van der Waals surface area contributed by atoms with E-state index in [-0.39, 0.29) is 11.7 Å². The minimum absolute atomic E-state index is 0.293. The summed E-state index contributed by atoms with van der Waals surface area (Å²) >= 11 is 1.39. The molecule has 4 nitrogen and oxygen atoms in total. The Morgan fingerprint density at radius 3 is 2.71 bits per heavy atom. The first-order valence-corrected chi connectivity index (χ1v) is 5.79. The average molecular weight is 252 g/mol. The molecule has 1 aromatic heterocycles. The number of H-pyrrole nitrogens is 1. The standard InChI is InChI=1S/C11H9FN2O2S/c12-7-1-3-8(4-2-7)17-6-9-13-10(15)5-11(16)14-9/h1-5H,6H2,(H2,13,14,15,16). The van der Waals surface area contributed by atoms with Gasteiger partial charge in [-0.2, -0.15) is 4.98 Å². The summed E-state index contributed by atoms with van der Waals surface area (Å²) in [6.07, 6.45) is 0. The lowest BCUT2D eigenvalue weighted by Crippen LogP contribution is -2.08. The summed E-state index contributed by atoms with van der Waals surface area (Å²) < 4.78 is 12.7. The summed E-state index contributed by atoms with van der Waals surface area (Å²) in [6, 6.07) is 7.01. The van der Waals surface area contributed by atoms with Gasteiger partial charge in [0.2, 0.25) is 5.88 Å². The van der Waals surface area contributed by atoms with Crippen LogP contribution in [-0.2, 0) is 5.75 Å². The van der Waals surface area contributed by atoms with Crippen molar-refractivity contribution in [2.24, 2.45) is 0 Å². The van der Waals surface area contributed by atoms with Crippen molar-refractivity contribution in [1.29, 1.82) is 0 Å². The zero-order valence-electron chi connectivity index (χ0n) is 8.68. The fourth-order valence-electron chi connectivity index (χ4n) is 1.24. The van der Waals surface area contributed by atoms with Crippen LogP contribution in [0.4, 0.5) is 4.39 Å². The van der Waals surface area contributed by atoms with Crippen molar-refractivity contribution in [1.82, 2.24) is 9.97 Å². The van der Waals surface area contributed by atoms with E-state index in [9.17, 15) is 9.18 Å².